The Bertz CT molecular complexity index is 1070. The molecule has 4 N–H and O–H groups in total. The van der Waals surface area contributed by atoms with Gasteiger partial charge in [-0.15, -0.1) is 0 Å². The van der Waals surface area contributed by atoms with Gasteiger partial charge in [-0.3, -0.25) is 10.1 Å². The Morgan fingerprint density at radius 2 is 1.96 bits per heavy atom. The second kappa shape index (κ2) is 6.60. The molecule has 0 atom stereocenters. The minimum absolute atomic E-state index is 0.00656. The third-order valence-corrected chi connectivity index (χ3v) is 4.04. The Labute approximate surface area is 152 Å². The van der Waals surface area contributed by atoms with Gasteiger partial charge in [-0.1, -0.05) is 12.1 Å². The second-order valence-corrected chi connectivity index (χ2v) is 5.91. The van der Waals surface area contributed by atoms with Gasteiger partial charge < -0.3 is 11.1 Å². The van der Waals surface area contributed by atoms with Crippen LogP contribution in [0.25, 0.3) is 22.2 Å². The minimum atomic E-state index is -3.16. The standard InChI is InChI=1S/C18H15F2N7/c19-18(20,15-3-1-2-7-22-15)10-23-16-12-5-4-11(13-6-8-24-27-13)9-14(12)25-17(21)26-16/h1-9H,10H2,(H,24,27)(H3,21,23,25,26). The summed E-state index contributed by atoms with van der Waals surface area (Å²) in [4.78, 5) is 12.0. The minimum Gasteiger partial charge on any atom is -0.368 e. The summed E-state index contributed by atoms with van der Waals surface area (Å²) in [6.45, 7) is -0.669. The van der Waals surface area contributed by atoms with Gasteiger partial charge >= 0.3 is 5.92 Å². The van der Waals surface area contributed by atoms with Crippen molar-refractivity contribution in [2.24, 2.45) is 0 Å². The number of hydrogen-bond acceptors (Lipinski definition) is 6. The molecule has 3 aromatic heterocycles. The number of nitrogens with zero attached hydrogens (tertiary/aromatic N) is 4. The Morgan fingerprint density at radius 3 is 2.70 bits per heavy atom. The van der Waals surface area contributed by atoms with Gasteiger partial charge in [-0.2, -0.15) is 18.9 Å². The Balaban J connectivity index is 1.65. The maximum absolute atomic E-state index is 14.4. The number of nitrogens with two attached hydrogens (primary N) is 1. The largest absolute Gasteiger partial charge is 0.368 e. The van der Waals surface area contributed by atoms with E-state index in [4.69, 9.17) is 5.73 Å². The molecule has 4 rings (SSSR count). The second-order valence-electron chi connectivity index (χ2n) is 5.91. The molecule has 7 nitrogen and oxygen atoms in total. The fourth-order valence-corrected chi connectivity index (χ4v) is 2.73. The lowest BCUT2D eigenvalue weighted by atomic mass is 10.1. The molecule has 136 valence electrons. The number of aromatic amines is 1. The van der Waals surface area contributed by atoms with Gasteiger partial charge in [0.1, 0.15) is 11.5 Å². The lowest BCUT2D eigenvalue weighted by Crippen LogP contribution is -2.26. The van der Waals surface area contributed by atoms with Crippen LogP contribution in [0.1, 0.15) is 5.69 Å². The fraction of sp³-hybridized carbons (Fsp3) is 0.111. The number of nitrogen functional groups attached to an aromatic ring is 1. The van der Waals surface area contributed by atoms with Crippen LogP contribution in [-0.2, 0) is 5.92 Å². The number of rotatable bonds is 5. The van der Waals surface area contributed by atoms with Gasteiger partial charge in [0, 0.05) is 23.3 Å². The smallest absolute Gasteiger partial charge is 0.306 e. The maximum atomic E-state index is 14.4. The van der Waals surface area contributed by atoms with Gasteiger partial charge in [0.25, 0.3) is 0 Å². The normalized spacial score (nSPS) is 11.6. The first kappa shape index (κ1) is 16.8. The van der Waals surface area contributed by atoms with E-state index in [1.165, 1.54) is 18.3 Å². The molecule has 0 aliphatic rings. The summed E-state index contributed by atoms with van der Waals surface area (Å²) in [6.07, 6.45) is 2.97. The molecule has 3 heterocycles. The van der Waals surface area contributed by atoms with Crippen LogP contribution in [0.15, 0.2) is 54.9 Å². The van der Waals surface area contributed by atoms with Crippen LogP contribution in [-0.4, -0.2) is 31.7 Å². The van der Waals surface area contributed by atoms with E-state index in [1.54, 1.807) is 24.4 Å². The van der Waals surface area contributed by atoms with Crippen molar-refractivity contribution in [3.05, 3.63) is 60.6 Å². The molecule has 0 amide bonds. The van der Waals surface area contributed by atoms with Crippen molar-refractivity contribution in [1.82, 2.24) is 25.1 Å². The molecule has 27 heavy (non-hydrogen) atoms. The molecule has 0 unspecified atom stereocenters. The van der Waals surface area contributed by atoms with Gasteiger partial charge in [-0.25, -0.2) is 4.98 Å². The first-order valence-corrected chi connectivity index (χ1v) is 8.13. The molecule has 4 aromatic rings. The summed E-state index contributed by atoms with van der Waals surface area (Å²) in [5, 5.41) is 10.0. The van der Waals surface area contributed by atoms with E-state index in [-0.39, 0.29) is 17.5 Å². The number of nitrogens with one attached hydrogen (secondary N) is 2. The van der Waals surface area contributed by atoms with Crippen molar-refractivity contribution >= 4 is 22.7 Å². The van der Waals surface area contributed by atoms with E-state index in [9.17, 15) is 8.78 Å². The van der Waals surface area contributed by atoms with E-state index in [0.29, 0.717) is 10.9 Å². The molecule has 0 fully saturated rings. The summed E-state index contributed by atoms with van der Waals surface area (Å²) in [6, 6.07) is 11.6. The van der Waals surface area contributed by atoms with E-state index in [0.717, 1.165) is 11.3 Å². The Hall–Kier alpha value is -3.62. The lowest BCUT2D eigenvalue weighted by molar-refractivity contribution is 0.00595. The van der Waals surface area contributed by atoms with E-state index in [2.05, 4.69) is 30.5 Å². The number of alkyl halides is 2. The molecule has 0 saturated carbocycles. The van der Waals surface area contributed by atoms with Gasteiger partial charge in [0.2, 0.25) is 5.95 Å². The van der Waals surface area contributed by atoms with Crippen molar-refractivity contribution in [2.45, 2.75) is 5.92 Å². The van der Waals surface area contributed by atoms with Crippen LogP contribution in [0.3, 0.4) is 0 Å². The molecular weight excluding hydrogens is 352 g/mol. The highest BCUT2D eigenvalue weighted by Crippen LogP contribution is 2.29. The molecule has 9 heteroatoms. The average molecular weight is 367 g/mol. The third kappa shape index (κ3) is 3.39. The van der Waals surface area contributed by atoms with Crippen LogP contribution >= 0.6 is 0 Å². The summed E-state index contributed by atoms with van der Waals surface area (Å²) in [5.74, 6) is -2.93. The lowest BCUT2D eigenvalue weighted by Gasteiger charge is -2.17. The van der Waals surface area contributed by atoms with Crippen LogP contribution < -0.4 is 11.1 Å². The summed E-state index contributed by atoms with van der Waals surface area (Å²) < 4.78 is 28.8. The molecule has 0 radical (unpaired) electrons. The number of H-pyrrole nitrogens is 1. The molecule has 0 aliphatic carbocycles. The highest BCUT2D eigenvalue weighted by molar-refractivity contribution is 5.92. The number of benzene rings is 1. The topological polar surface area (TPSA) is 105 Å². The SMILES string of the molecule is Nc1nc(NCC(F)(F)c2ccccn2)c2ccc(-c3ccn[nH]3)cc2n1. The third-order valence-electron chi connectivity index (χ3n) is 4.04. The van der Waals surface area contributed by atoms with Crippen molar-refractivity contribution in [3.63, 3.8) is 0 Å². The van der Waals surface area contributed by atoms with E-state index in [1.807, 2.05) is 12.1 Å². The number of halogens is 2. The van der Waals surface area contributed by atoms with Crippen molar-refractivity contribution < 1.29 is 8.78 Å². The van der Waals surface area contributed by atoms with Crippen LogP contribution in [0, 0.1) is 0 Å². The fourth-order valence-electron chi connectivity index (χ4n) is 2.73. The van der Waals surface area contributed by atoms with Gasteiger partial charge in [0.05, 0.1) is 17.8 Å². The van der Waals surface area contributed by atoms with Gasteiger partial charge in [-0.05, 0) is 30.3 Å². The summed E-state index contributed by atoms with van der Waals surface area (Å²) >= 11 is 0. The predicted molar refractivity (Wildman–Crippen MR) is 98.2 cm³/mol. The van der Waals surface area contributed by atoms with Crippen molar-refractivity contribution in [2.75, 3.05) is 17.6 Å². The predicted octanol–water partition coefficient (Wildman–Crippen LogP) is 3.20. The number of aromatic nitrogens is 5. The van der Waals surface area contributed by atoms with Gasteiger partial charge in [0.15, 0.2) is 0 Å². The quantitative estimate of drug-likeness (QED) is 0.500. The number of pyridine rings is 1. The molecule has 0 saturated heterocycles. The Morgan fingerprint density at radius 1 is 1.07 bits per heavy atom. The first-order valence-electron chi connectivity index (χ1n) is 8.13. The molecule has 0 bridgehead atoms. The molecule has 1 aromatic carbocycles. The molecular formula is C18H15F2N7. The number of fused-ring (bicyclic) bond motifs is 1. The average Bonchev–Trinajstić information content (AvgIpc) is 3.21. The van der Waals surface area contributed by atoms with Crippen molar-refractivity contribution in [3.8, 4) is 11.3 Å². The molecule has 0 aliphatic heterocycles. The van der Waals surface area contributed by atoms with E-state index < -0.39 is 12.5 Å². The highest BCUT2D eigenvalue weighted by atomic mass is 19.3. The maximum Gasteiger partial charge on any atom is 0.306 e. The zero-order valence-corrected chi connectivity index (χ0v) is 14.0. The van der Waals surface area contributed by atoms with Crippen LogP contribution in [0.4, 0.5) is 20.5 Å². The monoisotopic (exact) mass is 367 g/mol. The number of hydrogen-bond donors (Lipinski definition) is 3. The summed E-state index contributed by atoms with van der Waals surface area (Å²) in [5.41, 5.74) is 7.65. The van der Waals surface area contributed by atoms with Crippen molar-refractivity contribution in [1.29, 1.82) is 0 Å². The Kier molecular flexibility index (Phi) is 4.11. The zero-order valence-electron chi connectivity index (χ0n) is 14.0. The number of anilines is 2. The highest BCUT2D eigenvalue weighted by Gasteiger charge is 2.33. The van der Waals surface area contributed by atoms with Crippen LogP contribution in [0.2, 0.25) is 0 Å². The molecule has 0 spiro atoms. The van der Waals surface area contributed by atoms with E-state index >= 15 is 0 Å². The first-order chi connectivity index (χ1) is 13.0. The zero-order chi connectivity index (χ0) is 18.9. The summed E-state index contributed by atoms with van der Waals surface area (Å²) in [7, 11) is 0. The van der Waals surface area contributed by atoms with Crippen LogP contribution in [0.5, 0.6) is 0 Å².